The molecular formula is C15H17F4N. The average Bonchev–Trinajstić information content (AvgIpc) is 2.37. The molecule has 0 bridgehead atoms. The highest BCUT2D eigenvalue weighted by atomic mass is 19.4. The SMILES string of the molecule is CC#CCCC(NCC)c1cc(C(F)(F)F)ccc1F. The van der Waals surface area contributed by atoms with Crippen LogP contribution in [0.1, 0.15) is 43.9 Å². The van der Waals surface area contributed by atoms with Gasteiger partial charge in [-0.05, 0) is 38.1 Å². The van der Waals surface area contributed by atoms with Crippen LogP contribution in [0.25, 0.3) is 0 Å². The second-order valence-electron chi connectivity index (χ2n) is 4.31. The molecule has 0 fully saturated rings. The highest BCUT2D eigenvalue weighted by molar-refractivity contribution is 5.29. The van der Waals surface area contributed by atoms with E-state index in [-0.39, 0.29) is 5.56 Å². The van der Waals surface area contributed by atoms with Gasteiger partial charge in [0.1, 0.15) is 5.82 Å². The summed E-state index contributed by atoms with van der Waals surface area (Å²) in [4.78, 5) is 0. The van der Waals surface area contributed by atoms with E-state index in [1.807, 2.05) is 6.92 Å². The normalized spacial score (nSPS) is 12.7. The van der Waals surface area contributed by atoms with Gasteiger partial charge in [-0.3, -0.25) is 0 Å². The zero-order valence-corrected chi connectivity index (χ0v) is 11.4. The van der Waals surface area contributed by atoms with Crippen LogP contribution in [0.5, 0.6) is 0 Å². The molecule has 0 radical (unpaired) electrons. The summed E-state index contributed by atoms with van der Waals surface area (Å²) < 4.78 is 51.9. The van der Waals surface area contributed by atoms with E-state index >= 15 is 0 Å². The van der Waals surface area contributed by atoms with Gasteiger partial charge in [-0.1, -0.05) is 6.92 Å². The predicted molar refractivity (Wildman–Crippen MR) is 70.5 cm³/mol. The molecule has 0 aliphatic rings. The Hall–Kier alpha value is -1.54. The third-order valence-electron chi connectivity index (χ3n) is 2.88. The summed E-state index contributed by atoms with van der Waals surface area (Å²) in [6.07, 6.45) is -3.50. The van der Waals surface area contributed by atoms with Crippen LogP contribution in [0.3, 0.4) is 0 Å². The Morgan fingerprint density at radius 1 is 1.30 bits per heavy atom. The molecule has 0 saturated carbocycles. The third kappa shape index (κ3) is 4.53. The molecule has 0 aromatic heterocycles. The lowest BCUT2D eigenvalue weighted by Gasteiger charge is -2.19. The van der Waals surface area contributed by atoms with Gasteiger partial charge >= 0.3 is 6.18 Å². The molecule has 0 aliphatic heterocycles. The number of hydrogen-bond acceptors (Lipinski definition) is 1. The van der Waals surface area contributed by atoms with E-state index in [9.17, 15) is 17.6 Å². The zero-order chi connectivity index (χ0) is 15.2. The minimum absolute atomic E-state index is 0.0413. The number of benzene rings is 1. The Morgan fingerprint density at radius 3 is 2.55 bits per heavy atom. The van der Waals surface area contributed by atoms with Gasteiger partial charge in [0.15, 0.2) is 0 Å². The first-order chi connectivity index (χ1) is 9.40. The predicted octanol–water partition coefficient (Wildman–Crippen LogP) is 4.30. The van der Waals surface area contributed by atoms with Crippen molar-refractivity contribution in [2.24, 2.45) is 0 Å². The fourth-order valence-corrected chi connectivity index (χ4v) is 1.94. The minimum atomic E-state index is -4.47. The molecule has 0 amide bonds. The first kappa shape index (κ1) is 16.5. The van der Waals surface area contributed by atoms with E-state index in [4.69, 9.17) is 0 Å². The van der Waals surface area contributed by atoms with Crippen molar-refractivity contribution in [3.63, 3.8) is 0 Å². The maximum atomic E-state index is 13.8. The molecule has 0 saturated heterocycles. The van der Waals surface area contributed by atoms with Crippen LogP contribution >= 0.6 is 0 Å². The largest absolute Gasteiger partial charge is 0.416 e. The summed E-state index contributed by atoms with van der Waals surface area (Å²) in [5, 5.41) is 3.00. The molecule has 0 spiro atoms. The first-order valence-corrected chi connectivity index (χ1v) is 6.39. The quantitative estimate of drug-likeness (QED) is 0.629. The van der Waals surface area contributed by atoms with Gasteiger partial charge in [-0.2, -0.15) is 13.2 Å². The van der Waals surface area contributed by atoms with Crippen molar-refractivity contribution in [2.45, 2.75) is 38.9 Å². The number of hydrogen-bond donors (Lipinski definition) is 1. The van der Waals surface area contributed by atoms with Gasteiger partial charge in [0, 0.05) is 18.0 Å². The average molecular weight is 287 g/mol. The lowest BCUT2D eigenvalue weighted by Crippen LogP contribution is -2.22. The molecule has 1 rings (SSSR count). The van der Waals surface area contributed by atoms with E-state index in [0.29, 0.717) is 19.4 Å². The summed E-state index contributed by atoms with van der Waals surface area (Å²) in [6, 6.07) is 2.03. The van der Waals surface area contributed by atoms with Crippen molar-refractivity contribution in [1.29, 1.82) is 0 Å². The Balaban J connectivity index is 3.06. The highest BCUT2D eigenvalue weighted by Gasteiger charge is 2.31. The Labute approximate surface area is 116 Å². The molecule has 1 unspecified atom stereocenters. The van der Waals surface area contributed by atoms with Crippen molar-refractivity contribution in [1.82, 2.24) is 5.32 Å². The molecule has 20 heavy (non-hydrogen) atoms. The molecular weight excluding hydrogens is 270 g/mol. The number of halogens is 4. The standard InChI is InChI=1S/C15H17F4N/c1-3-5-6-7-14(20-4-2)12-10-11(15(17,18)19)8-9-13(12)16/h8-10,14,20H,4,6-7H2,1-2H3. The fraction of sp³-hybridized carbons (Fsp3) is 0.467. The van der Waals surface area contributed by atoms with Crippen LogP contribution in [0.15, 0.2) is 18.2 Å². The smallest absolute Gasteiger partial charge is 0.310 e. The molecule has 0 heterocycles. The van der Waals surface area contributed by atoms with Crippen molar-refractivity contribution >= 4 is 0 Å². The van der Waals surface area contributed by atoms with Crippen LogP contribution in [0.4, 0.5) is 17.6 Å². The van der Waals surface area contributed by atoms with E-state index < -0.39 is 23.6 Å². The third-order valence-corrected chi connectivity index (χ3v) is 2.88. The lowest BCUT2D eigenvalue weighted by atomic mass is 9.99. The van der Waals surface area contributed by atoms with E-state index in [0.717, 1.165) is 18.2 Å². The maximum absolute atomic E-state index is 13.8. The number of nitrogens with one attached hydrogen (secondary N) is 1. The van der Waals surface area contributed by atoms with Crippen LogP contribution in [0, 0.1) is 17.7 Å². The number of rotatable bonds is 5. The monoisotopic (exact) mass is 287 g/mol. The van der Waals surface area contributed by atoms with Gasteiger partial charge in [-0.25, -0.2) is 4.39 Å². The van der Waals surface area contributed by atoms with Crippen molar-refractivity contribution in [3.8, 4) is 11.8 Å². The van der Waals surface area contributed by atoms with Gasteiger partial charge in [0.2, 0.25) is 0 Å². The van der Waals surface area contributed by atoms with E-state index in [1.165, 1.54) is 0 Å². The van der Waals surface area contributed by atoms with Gasteiger partial charge in [0.05, 0.1) is 5.56 Å². The summed E-state index contributed by atoms with van der Waals surface area (Å²) in [6.45, 7) is 4.05. The lowest BCUT2D eigenvalue weighted by molar-refractivity contribution is -0.137. The molecule has 1 atom stereocenters. The summed E-state index contributed by atoms with van der Waals surface area (Å²) in [5.41, 5.74) is -0.794. The first-order valence-electron chi connectivity index (χ1n) is 6.39. The Morgan fingerprint density at radius 2 is 2.00 bits per heavy atom. The summed E-state index contributed by atoms with van der Waals surface area (Å²) in [7, 11) is 0. The summed E-state index contributed by atoms with van der Waals surface area (Å²) >= 11 is 0. The number of alkyl halides is 3. The second-order valence-corrected chi connectivity index (χ2v) is 4.31. The maximum Gasteiger partial charge on any atom is 0.416 e. The van der Waals surface area contributed by atoms with Crippen LogP contribution in [-0.2, 0) is 6.18 Å². The minimum Gasteiger partial charge on any atom is -0.310 e. The molecule has 1 N–H and O–H groups in total. The van der Waals surface area contributed by atoms with Crippen LogP contribution < -0.4 is 5.32 Å². The Kier molecular flexibility index (Phi) is 6.03. The fourth-order valence-electron chi connectivity index (χ4n) is 1.94. The van der Waals surface area contributed by atoms with Crippen molar-refractivity contribution in [3.05, 3.63) is 35.1 Å². The van der Waals surface area contributed by atoms with E-state index in [1.54, 1.807) is 6.92 Å². The van der Waals surface area contributed by atoms with Gasteiger partial charge in [-0.15, -0.1) is 11.8 Å². The molecule has 1 aromatic rings. The Bertz CT molecular complexity index is 497. The topological polar surface area (TPSA) is 12.0 Å². The van der Waals surface area contributed by atoms with E-state index in [2.05, 4.69) is 17.2 Å². The summed E-state index contributed by atoms with van der Waals surface area (Å²) in [5.74, 6) is 4.92. The molecule has 5 heteroatoms. The molecule has 0 aliphatic carbocycles. The van der Waals surface area contributed by atoms with Gasteiger partial charge < -0.3 is 5.32 Å². The van der Waals surface area contributed by atoms with Crippen molar-refractivity contribution in [2.75, 3.05) is 6.54 Å². The van der Waals surface area contributed by atoms with Crippen LogP contribution in [-0.4, -0.2) is 6.54 Å². The van der Waals surface area contributed by atoms with Gasteiger partial charge in [0.25, 0.3) is 0 Å². The highest BCUT2D eigenvalue weighted by Crippen LogP contribution is 2.32. The molecule has 110 valence electrons. The van der Waals surface area contributed by atoms with Crippen molar-refractivity contribution < 1.29 is 17.6 Å². The molecule has 1 nitrogen and oxygen atoms in total. The molecule has 1 aromatic carbocycles. The van der Waals surface area contributed by atoms with Crippen LogP contribution in [0.2, 0.25) is 0 Å². The second kappa shape index (κ2) is 7.30. The zero-order valence-electron chi connectivity index (χ0n) is 11.4.